The number of hydrogen-bond donors (Lipinski definition) is 1. The number of carbonyl (C=O) groups is 1. The molecular weight excluding hydrogens is 246 g/mol. The predicted molar refractivity (Wildman–Crippen MR) is 81.2 cm³/mol. The largest absolute Gasteiger partial charge is 0.345 e. The molecule has 0 bridgehead atoms. The smallest absolute Gasteiger partial charge is 0.225 e. The average molecular weight is 263 g/mol. The quantitative estimate of drug-likeness (QED) is 0.848. The summed E-state index contributed by atoms with van der Waals surface area (Å²) in [7, 11) is 0. The zero-order valence-electron chi connectivity index (χ0n) is 11.5. The number of aryl methyl sites for hydroxylation is 1. The fourth-order valence-electron chi connectivity index (χ4n) is 1.76. The van der Waals surface area contributed by atoms with Gasteiger partial charge < -0.3 is 5.32 Å². The SMILES string of the molecule is Cc1ccc(CC(=O)NCC#Cc2ccccc2)cc1. The van der Waals surface area contributed by atoms with Gasteiger partial charge in [0.15, 0.2) is 0 Å². The normalized spacial score (nSPS) is 9.45. The van der Waals surface area contributed by atoms with E-state index >= 15 is 0 Å². The molecule has 100 valence electrons. The predicted octanol–water partition coefficient (Wildman–Crippen LogP) is 2.71. The van der Waals surface area contributed by atoms with E-state index in [4.69, 9.17) is 0 Å². The number of hydrogen-bond acceptors (Lipinski definition) is 1. The van der Waals surface area contributed by atoms with Crippen LogP contribution in [0.1, 0.15) is 16.7 Å². The van der Waals surface area contributed by atoms with Crippen molar-refractivity contribution >= 4 is 5.91 Å². The molecule has 0 fully saturated rings. The molecule has 0 aliphatic rings. The van der Waals surface area contributed by atoms with Crippen molar-refractivity contribution < 1.29 is 4.79 Å². The van der Waals surface area contributed by atoms with Gasteiger partial charge >= 0.3 is 0 Å². The third-order valence-corrected chi connectivity index (χ3v) is 2.87. The van der Waals surface area contributed by atoms with Gasteiger partial charge in [-0.2, -0.15) is 0 Å². The van der Waals surface area contributed by atoms with Crippen molar-refractivity contribution in [3.63, 3.8) is 0 Å². The Balaban J connectivity index is 1.78. The molecule has 0 aromatic heterocycles. The van der Waals surface area contributed by atoms with Crippen LogP contribution in [0.3, 0.4) is 0 Å². The van der Waals surface area contributed by atoms with Crippen LogP contribution in [0.5, 0.6) is 0 Å². The Kier molecular flexibility index (Phi) is 4.97. The first-order chi connectivity index (χ1) is 9.74. The summed E-state index contributed by atoms with van der Waals surface area (Å²) in [5.41, 5.74) is 3.17. The van der Waals surface area contributed by atoms with Crippen LogP contribution in [0.25, 0.3) is 0 Å². The molecule has 20 heavy (non-hydrogen) atoms. The first-order valence-corrected chi connectivity index (χ1v) is 6.60. The lowest BCUT2D eigenvalue weighted by atomic mass is 10.1. The molecule has 2 rings (SSSR count). The Morgan fingerprint density at radius 2 is 1.75 bits per heavy atom. The van der Waals surface area contributed by atoms with Crippen LogP contribution < -0.4 is 5.32 Å². The van der Waals surface area contributed by atoms with Crippen LogP contribution in [0, 0.1) is 18.8 Å². The summed E-state index contributed by atoms with van der Waals surface area (Å²) in [6.45, 7) is 2.41. The molecule has 0 saturated carbocycles. The van der Waals surface area contributed by atoms with Crippen LogP contribution in [0.15, 0.2) is 54.6 Å². The second-order valence-corrected chi connectivity index (χ2v) is 4.61. The lowest BCUT2D eigenvalue weighted by Crippen LogP contribution is -2.25. The number of carbonyl (C=O) groups excluding carboxylic acids is 1. The lowest BCUT2D eigenvalue weighted by molar-refractivity contribution is -0.120. The van der Waals surface area contributed by atoms with Crippen molar-refractivity contribution in [2.75, 3.05) is 6.54 Å². The monoisotopic (exact) mass is 263 g/mol. The van der Waals surface area contributed by atoms with Gasteiger partial charge in [-0.15, -0.1) is 0 Å². The molecule has 0 unspecified atom stereocenters. The standard InChI is InChI=1S/C18H17NO/c1-15-9-11-17(12-10-15)14-18(20)19-13-5-8-16-6-3-2-4-7-16/h2-4,6-7,9-12H,13-14H2,1H3,(H,19,20). The van der Waals surface area contributed by atoms with Gasteiger partial charge in [0.2, 0.25) is 5.91 Å². The van der Waals surface area contributed by atoms with E-state index in [0.29, 0.717) is 13.0 Å². The van der Waals surface area contributed by atoms with Crippen molar-refractivity contribution in [1.82, 2.24) is 5.32 Å². The van der Waals surface area contributed by atoms with Crippen LogP contribution in [0.2, 0.25) is 0 Å². The highest BCUT2D eigenvalue weighted by Crippen LogP contribution is 2.03. The molecule has 2 aromatic rings. The van der Waals surface area contributed by atoms with Gasteiger partial charge in [-0.1, -0.05) is 59.9 Å². The highest BCUT2D eigenvalue weighted by molar-refractivity contribution is 5.78. The van der Waals surface area contributed by atoms with Crippen molar-refractivity contribution in [2.45, 2.75) is 13.3 Å². The van der Waals surface area contributed by atoms with E-state index in [0.717, 1.165) is 11.1 Å². The summed E-state index contributed by atoms with van der Waals surface area (Å²) in [5.74, 6) is 5.95. The van der Waals surface area contributed by atoms with E-state index in [9.17, 15) is 4.79 Å². The summed E-state index contributed by atoms with van der Waals surface area (Å²) in [6, 6.07) is 17.7. The summed E-state index contributed by atoms with van der Waals surface area (Å²) >= 11 is 0. The minimum atomic E-state index is -0.00350. The minimum absolute atomic E-state index is 0.00350. The second kappa shape index (κ2) is 7.16. The van der Waals surface area contributed by atoms with Crippen LogP contribution >= 0.6 is 0 Å². The number of amides is 1. The zero-order chi connectivity index (χ0) is 14.2. The number of rotatable bonds is 3. The summed E-state index contributed by atoms with van der Waals surface area (Å²) in [5, 5.41) is 2.80. The van der Waals surface area contributed by atoms with Gasteiger partial charge in [0.1, 0.15) is 0 Å². The van der Waals surface area contributed by atoms with E-state index in [1.165, 1.54) is 5.56 Å². The number of nitrogens with one attached hydrogen (secondary N) is 1. The summed E-state index contributed by atoms with van der Waals surface area (Å²) in [6.07, 6.45) is 0.396. The van der Waals surface area contributed by atoms with Crippen molar-refractivity contribution in [3.8, 4) is 11.8 Å². The first kappa shape index (κ1) is 13.9. The molecule has 0 aliphatic heterocycles. The van der Waals surface area contributed by atoms with Gasteiger partial charge in [0.05, 0.1) is 13.0 Å². The molecule has 1 N–H and O–H groups in total. The third kappa shape index (κ3) is 4.62. The van der Waals surface area contributed by atoms with Gasteiger partial charge in [-0.3, -0.25) is 4.79 Å². The summed E-state index contributed by atoms with van der Waals surface area (Å²) < 4.78 is 0. The van der Waals surface area contributed by atoms with Crippen molar-refractivity contribution in [1.29, 1.82) is 0 Å². The van der Waals surface area contributed by atoms with Crippen LogP contribution in [-0.4, -0.2) is 12.5 Å². The lowest BCUT2D eigenvalue weighted by Gasteiger charge is -2.02. The van der Waals surface area contributed by atoms with Crippen LogP contribution in [0.4, 0.5) is 0 Å². The van der Waals surface area contributed by atoms with E-state index < -0.39 is 0 Å². The highest BCUT2D eigenvalue weighted by Gasteiger charge is 2.01. The maximum Gasteiger partial charge on any atom is 0.225 e. The second-order valence-electron chi connectivity index (χ2n) is 4.61. The van der Waals surface area contributed by atoms with Gasteiger partial charge in [-0.25, -0.2) is 0 Å². The molecule has 2 heteroatoms. The molecule has 1 amide bonds. The first-order valence-electron chi connectivity index (χ1n) is 6.60. The molecule has 0 heterocycles. The third-order valence-electron chi connectivity index (χ3n) is 2.87. The van der Waals surface area contributed by atoms with E-state index in [-0.39, 0.29) is 5.91 Å². The molecule has 0 saturated heterocycles. The molecular formula is C18H17NO. The Labute approximate surface area is 119 Å². The molecule has 2 nitrogen and oxygen atoms in total. The van der Waals surface area contributed by atoms with Crippen LogP contribution in [-0.2, 0) is 11.2 Å². The molecule has 0 radical (unpaired) electrons. The maximum absolute atomic E-state index is 11.7. The topological polar surface area (TPSA) is 29.1 Å². The minimum Gasteiger partial charge on any atom is -0.345 e. The Morgan fingerprint density at radius 1 is 1.05 bits per heavy atom. The van der Waals surface area contributed by atoms with E-state index in [1.807, 2.05) is 61.5 Å². The van der Waals surface area contributed by atoms with Gasteiger partial charge in [-0.05, 0) is 24.6 Å². The Bertz CT molecular complexity index is 618. The van der Waals surface area contributed by atoms with E-state index in [2.05, 4.69) is 17.2 Å². The van der Waals surface area contributed by atoms with E-state index in [1.54, 1.807) is 0 Å². The van der Waals surface area contributed by atoms with Gasteiger partial charge in [0.25, 0.3) is 0 Å². The van der Waals surface area contributed by atoms with Crippen molar-refractivity contribution in [3.05, 3.63) is 71.3 Å². The Hall–Kier alpha value is -2.53. The molecule has 0 spiro atoms. The Morgan fingerprint density at radius 3 is 2.45 bits per heavy atom. The average Bonchev–Trinajstić information content (AvgIpc) is 2.47. The summed E-state index contributed by atoms with van der Waals surface area (Å²) in [4.78, 5) is 11.7. The fourth-order valence-corrected chi connectivity index (χ4v) is 1.76. The highest BCUT2D eigenvalue weighted by atomic mass is 16.1. The van der Waals surface area contributed by atoms with Gasteiger partial charge in [0, 0.05) is 5.56 Å². The maximum atomic E-state index is 11.7. The zero-order valence-corrected chi connectivity index (χ0v) is 11.5. The molecule has 0 aliphatic carbocycles. The number of benzene rings is 2. The molecule has 0 atom stereocenters. The molecule has 2 aromatic carbocycles. The van der Waals surface area contributed by atoms with Crippen molar-refractivity contribution in [2.24, 2.45) is 0 Å². The fraction of sp³-hybridized carbons (Fsp3) is 0.167.